The predicted molar refractivity (Wildman–Crippen MR) is 31.7 cm³/mol. The van der Waals surface area contributed by atoms with E-state index in [0.717, 1.165) is 6.92 Å². The van der Waals surface area contributed by atoms with Crippen molar-refractivity contribution in [1.29, 1.82) is 0 Å². The third-order valence-electron chi connectivity index (χ3n) is 0.760. The zero-order chi connectivity index (χ0) is 7.44. The molecule has 1 N–H and O–H groups in total. The minimum Gasteiger partial charge on any atom is -0.476 e. The highest BCUT2D eigenvalue weighted by Crippen LogP contribution is 1.78. The molecule has 0 aliphatic carbocycles. The summed E-state index contributed by atoms with van der Waals surface area (Å²) in [4.78, 5) is 23.6. The standard InChI is InChI=1S/C5H7NO3/c1-3(7)4(6-2)5(8)9/h1-2H3,(H,8,9). The quantitative estimate of drug-likeness (QED) is 0.412. The summed E-state index contributed by atoms with van der Waals surface area (Å²) in [6, 6.07) is 0. The van der Waals surface area contributed by atoms with Crippen molar-refractivity contribution in [1.82, 2.24) is 0 Å². The van der Waals surface area contributed by atoms with Crippen LogP contribution in [0.25, 0.3) is 0 Å². The van der Waals surface area contributed by atoms with Crippen LogP contribution in [0.2, 0.25) is 0 Å². The number of carboxylic acids is 1. The van der Waals surface area contributed by atoms with Crippen molar-refractivity contribution in [2.45, 2.75) is 6.92 Å². The second kappa shape index (κ2) is 2.96. The van der Waals surface area contributed by atoms with E-state index < -0.39 is 17.5 Å². The Morgan fingerprint density at radius 3 is 1.89 bits per heavy atom. The molecule has 0 saturated heterocycles. The lowest BCUT2D eigenvalue weighted by Crippen LogP contribution is -2.20. The predicted octanol–water partition coefficient (Wildman–Crippen LogP) is -0.269. The van der Waals surface area contributed by atoms with Crippen LogP contribution < -0.4 is 0 Å². The summed E-state index contributed by atoms with van der Waals surface area (Å²) in [5.41, 5.74) is -0.407. The third kappa shape index (κ3) is 2.03. The first kappa shape index (κ1) is 7.81. The third-order valence-corrected chi connectivity index (χ3v) is 0.760. The van der Waals surface area contributed by atoms with Crippen molar-refractivity contribution in [3.05, 3.63) is 0 Å². The van der Waals surface area contributed by atoms with Crippen LogP contribution >= 0.6 is 0 Å². The average molecular weight is 129 g/mol. The van der Waals surface area contributed by atoms with Crippen LogP contribution in [0.4, 0.5) is 0 Å². The number of carboxylic acid groups (broad SMARTS) is 1. The lowest BCUT2D eigenvalue weighted by Gasteiger charge is -1.89. The maximum absolute atomic E-state index is 10.3. The van der Waals surface area contributed by atoms with Crippen molar-refractivity contribution >= 4 is 17.5 Å². The van der Waals surface area contributed by atoms with E-state index in [1.54, 1.807) is 0 Å². The average Bonchev–Trinajstić information content (AvgIpc) is 1.64. The first-order valence-corrected chi connectivity index (χ1v) is 2.30. The maximum Gasteiger partial charge on any atom is 0.357 e. The zero-order valence-corrected chi connectivity index (χ0v) is 5.21. The molecule has 0 aromatic rings. The van der Waals surface area contributed by atoms with Crippen LogP contribution in [0.15, 0.2) is 4.99 Å². The highest BCUT2D eigenvalue weighted by Gasteiger charge is 2.12. The van der Waals surface area contributed by atoms with Gasteiger partial charge in [-0.15, -0.1) is 0 Å². The molecule has 0 amide bonds. The van der Waals surface area contributed by atoms with Gasteiger partial charge in [0.2, 0.25) is 0 Å². The maximum atomic E-state index is 10.3. The molecule has 0 unspecified atom stereocenters. The number of Topliss-reactive ketones (excluding diaryl/α,β-unsaturated/α-hetero) is 1. The van der Waals surface area contributed by atoms with E-state index in [-0.39, 0.29) is 0 Å². The number of aliphatic imine (C=N–C) groups is 1. The molecule has 0 bridgehead atoms. The number of aliphatic carboxylic acids is 1. The van der Waals surface area contributed by atoms with Crippen LogP contribution in [-0.4, -0.2) is 29.6 Å². The lowest BCUT2D eigenvalue weighted by molar-refractivity contribution is -0.130. The van der Waals surface area contributed by atoms with Gasteiger partial charge in [-0.05, 0) is 0 Å². The highest BCUT2D eigenvalue weighted by atomic mass is 16.4. The molecule has 0 saturated carbocycles. The normalized spacial score (nSPS) is 11.1. The molecular weight excluding hydrogens is 122 g/mol. The molecule has 0 aliphatic rings. The number of carbonyl (C=O) groups excluding carboxylic acids is 1. The van der Waals surface area contributed by atoms with Gasteiger partial charge >= 0.3 is 5.97 Å². The van der Waals surface area contributed by atoms with Crippen LogP contribution in [-0.2, 0) is 9.59 Å². The monoisotopic (exact) mass is 129 g/mol. The molecule has 0 aromatic heterocycles. The van der Waals surface area contributed by atoms with Gasteiger partial charge in [0, 0.05) is 14.0 Å². The van der Waals surface area contributed by atoms with E-state index in [9.17, 15) is 9.59 Å². The summed E-state index contributed by atoms with van der Waals surface area (Å²) < 4.78 is 0. The van der Waals surface area contributed by atoms with Gasteiger partial charge < -0.3 is 5.11 Å². The molecular formula is C5H7NO3. The van der Waals surface area contributed by atoms with Gasteiger partial charge in [0.1, 0.15) is 0 Å². The Morgan fingerprint density at radius 1 is 1.44 bits per heavy atom. The fourth-order valence-electron chi connectivity index (χ4n) is 0.404. The molecule has 50 valence electrons. The smallest absolute Gasteiger partial charge is 0.357 e. The Kier molecular flexibility index (Phi) is 2.57. The number of nitrogens with zero attached hydrogens (tertiary/aromatic N) is 1. The number of hydrogen-bond donors (Lipinski definition) is 1. The fraction of sp³-hybridized carbons (Fsp3) is 0.400. The van der Waals surface area contributed by atoms with Crippen LogP contribution in [0.5, 0.6) is 0 Å². The Morgan fingerprint density at radius 2 is 1.89 bits per heavy atom. The second-order valence-electron chi connectivity index (χ2n) is 1.43. The van der Waals surface area contributed by atoms with E-state index in [2.05, 4.69) is 4.99 Å². The van der Waals surface area contributed by atoms with Crippen molar-refractivity contribution in [3.63, 3.8) is 0 Å². The molecule has 9 heavy (non-hydrogen) atoms. The minimum atomic E-state index is -1.27. The van der Waals surface area contributed by atoms with Crippen LogP contribution in [0.3, 0.4) is 0 Å². The van der Waals surface area contributed by atoms with Gasteiger partial charge in [0.05, 0.1) is 0 Å². The first-order valence-electron chi connectivity index (χ1n) is 2.30. The summed E-state index contributed by atoms with van der Waals surface area (Å²) in [6.45, 7) is 1.16. The van der Waals surface area contributed by atoms with E-state index in [0.29, 0.717) is 0 Å². The van der Waals surface area contributed by atoms with Crippen molar-refractivity contribution in [3.8, 4) is 0 Å². The highest BCUT2D eigenvalue weighted by molar-refractivity contribution is 6.63. The summed E-state index contributed by atoms with van der Waals surface area (Å²) in [5, 5.41) is 8.19. The number of ketones is 1. The Hall–Kier alpha value is -1.19. The molecule has 4 heteroatoms. The van der Waals surface area contributed by atoms with E-state index in [1.807, 2.05) is 0 Å². The van der Waals surface area contributed by atoms with E-state index >= 15 is 0 Å². The molecule has 0 radical (unpaired) electrons. The molecule has 0 aliphatic heterocycles. The van der Waals surface area contributed by atoms with Gasteiger partial charge in [-0.25, -0.2) is 4.79 Å². The van der Waals surface area contributed by atoms with Crippen LogP contribution in [0, 0.1) is 0 Å². The SMILES string of the molecule is CN=C(C(C)=O)C(=O)O. The number of hydrogen-bond acceptors (Lipinski definition) is 3. The van der Waals surface area contributed by atoms with Gasteiger partial charge in [0.15, 0.2) is 11.5 Å². The summed E-state index contributed by atoms with van der Waals surface area (Å²) >= 11 is 0. The molecule has 0 atom stereocenters. The van der Waals surface area contributed by atoms with Crippen molar-refractivity contribution in [2.24, 2.45) is 4.99 Å². The summed E-state index contributed by atoms with van der Waals surface area (Å²) in [5.74, 6) is -1.80. The van der Waals surface area contributed by atoms with Gasteiger partial charge in [-0.2, -0.15) is 0 Å². The Labute approximate surface area is 52.2 Å². The first-order chi connectivity index (χ1) is 4.09. The van der Waals surface area contributed by atoms with E-state index in [4.69, 9.17) is 5.11 Å². The van der Waals surface area contributed by atoms with Crippen LogP contribution in [0.1, 0.15) is 6.92 Å². The second-order valence-corrected chi connectivity index (χ2v) is 1.43. The molecule has 0 rings (SSSR count). The largest absolute Gasteiger partial charge is 0.476 e. The van der Waals surface area contributed by atoms with Gasteiger partial charge in [-0.1, -0.05) is 0 Å². The number of rotatable bonds is 2. The number of carbonyl (C=O) groups is 2. The molecule has 0 heterocycles. The fourth-order valence-corrected chi connectivity index (χ4v) is 0.404. The Balaban J connectivity index is 4.38. The summed E-state index contributed by atoms with van der Waals surface area (Å²) in [6.07, 6.45) is 0. The molecule has 0 spiro atoms. The van der Waals surface area contributed by atoms with Gasteiger partial charge in [0.25, 0.3) is 0 Å². The topological polar surface area (TPSA) is 66.7 Å². The van der Waals surface area contributed by atoms with Crippen molar-refractivity contribution in [2.75, 3.05) is 7.05 Å². The Bertz CT molecular complexity index is 155. The summed E-state index contributed by atoms with van der Waals surface area (Å²) in [7, 11) is 1.27. The van der Waals surface area contributed by atoms with E-state index in [1.165, 1.54) is 7.05 Å². The lowest BCUT2D eigenvalue weighted by atomic mass is 10.3. The zero-order valence-electron chi connectivity index (χ0n) is 5.21. The minimum absolute atomic E-state index is 0.407. The molecule has 4 nitrogen and oxygen atoms in total. The molecule has 0 aromatic carbocycles. The van der Waals surface area contributed by atoms with Crippen molar-refractivity contribution < 1.29 is 14.7 Å². The van der Waals surface area contributed by atoms with Gasteiger partial charge in [-0.3, -0.25) is 9.79 Å². The molecule has 0 fully saturated rings.